The number of anilines is 1. The van der Waals surface area contributed by atoms with E-state index in [1.165, 1.54) is 24.8 Å². The summed E-state index contributed by atoms with van der Waals surface area (Å²) >= 11 is 0. The van der Waals surface area contributed by atoms with Crippen LogP contribution in [0, 0.1) is 50.5 Å². The first-order valence-electron chi connectivity index (χ1n) is 14.0. The zero-order valence-electron chi connectivity index (χ0n) is 24.8. The van der Waals surface area contributed by atoms with Crippen LogP contribution in [0.4, 0.5) is 5.69 Å². The molecule has 212 valence electrons. The summed E-state index contributed by atoms with van der Waals surface area (Å²) in [7, 11) is 0. The van der Waals surface area contributed by atoms with Crippen LogP contribution in [0.5, 0.6) is 0 Å². The molecule has 3 N–H and O–H groups in total. The first-order valence-corrected chi connectivity index (χ1v) is 14.0. The number of nitrogens with zero attached hydrogens (tertiary/aromatic N) is 2. The minimum atomic E-state index is -0.340. The van der Waals surface area contributed by atoms with Crippen molar-refractivity contribution in [3.05, 3.63) is 103 Å². The Balaban J connectivity index is 0.00000400. The SMILES string of the molecule is C=C\C=C(/N=C(/C=C(\N)C(=O)Nc1ccc(CN(CCC)CCC2CC2)cc1)CC)c1cc[c-]c(CC)c1.[CH3-].[U+2]. The molecular formula is C34H46N4OU. The van der Waals surface area contributed by atoms with Gasteiger partial charge in [-0.05, 0) is 68.1 Å². The maximum atomic E-state index is 12.8. The fraction of sp³-hybridized carbons (Fsp3) is 0.382. The van der Waals surface area contributed by atoms with Gasteiger partial charge in [-0.2, -0.15) is 29.8 Å². The predicted octanol–water partition coefficient (Wildman–Crippen LogP) is 7.37. The van der Waals surface area contributed by atoms with Crippen LogP contribution in [0.15, 0.2) is 78.0 Å². The molecule has 1 aliphatic rings. The Bertz CT molecular complexity index is 1160. The van der Waals surface area contributed by atoms with Gasteiger partial charge in [0.1, 0.15) is 0 Å². The number of nitrogens with two attached hydrogens (primary N) is 1. The summed E-state index contributed by atoms with van der Waals surface area (Å²) in [4.78, 5) is 20.2. The van der Waals surface area contributed by atoms with E-state index in [0.717, 1.165) is 60.9 Å². The average molecular weight is 765 g/mol. The molecule has 0 saturated heterocycles. The molecule has 0 aliphatic heterocycles. The van der Waals surface area contributed by atoms with Crippen molar-refractivity contribution in [3.8, 4) is 0 Å². The number of carbonyl (C=O) groups excluding carboxylic acids is 1. The molecule has 5 nitrogen and oxygen atoms in total. The van der Waals surface area contributed by atoms with Gasteiger partial charge in [0.2, 0.25) is 0 Å². The molecule has 1 saturated carbocycles. The molecule has 0 radical (unpaired) electrons. The zero-order valence-corrected chi connectivity index (χ0v) is 29.0. The van der Waals surface area contributed by atoms with Crippen molar-refractivity contribution >= 4 is 23.0 Å². The van der Waals surface area contributed by atoms with E-state index in [0.29, 0.717) is 12.1 Å². The monoisotopic (exact) mass is 764 g/mol. The van der Waals surface area contributed by atoms with Crippen molar-refractivity contribution in [2.75, 3.05) is 18.4 Å². The number of hydrogen-bond donors (Lipinski definition) is 2. The van der Waals surface area contributed by atoms with E-state index >= 15 is 0 Å². The van der Waals surface area contributed by atoms with E-state index < -0.39 is 0 Å². The molecule has 1 amide bonds. The van der Waals surface area contributed by atoms with Crippen molar-refractivity contribution < 1.29 is 35.9 Å². The zero-order chi connectivity index (χ0) is 27.3. The predicted molar refractivity (Wildman–Crippen MR) is 167 cm³/mol. The van der Waals surface area contributed by atoms with Crippen molar-refractivity contribution in [2.45, 2.75) is 65.8 Å². The Morgan fingerprint density at radius 2 is 1.90 bits per heavy atom. The van der Waals surface area contributed by atoms with Crippen molar-refractivity contribution in [2.24, 2.45) is 16.6 Å². The minimum Gasteiger partial charge on any atom is -0.394 e. The van der Waals surface area contributed by atoms with E-state index in [-0.39, 0.29) is 50.1 Å². The molecule has 0 bridgehead atoms. The molecule has 1 aliphatic carbocycles. The van der Waals surface area contributed by atoms with Gasteiger partial charge in [0.25, 0.3) is 5.91 Å². The average Bonchev–Trinajstić information content (AvgIpc) is 3.76. The van der Waals surface area contributed by atoms with E-state index in [1.54, 1.807) is 12.2 Å². The topological polar surface area (TPSA) is 70.7 Å². The quantitative estimate of drug-likeness (QED) is 0.0862. The molecule has 6 heteroatoms. The number of amides is 1. The third-order valence-electron chi connectivity index (χ3n) is 6.73. The molecular weight excluding hydrogens is 718 g/mol. The van der Waals surface area contributed by atoms with Crippen LogP contribution in [0.25, 0.3) is 5.70 Å². The maximum absolute atomic E-state index is 12.8. The Hall–Kier alpha value is -2.39. The summed E-state index contributed by atoms with van der Waals surface area (Å²) in [6, 6.07) is 17.3. The second kappa shape index (κ2) is 18.9. The van der Waals surface area contributed by atoms with Gasteiger partial charge in [-0.15, -0.1) is 5.56 Å². The van der Waals surface area contributed by atoms with Crippen molar-refractivity contribution in [1.82, 2.24) is 4.90 Å². The van der Waals surface area contributed by atoms with Gasteiger partial charge in [0, 0.05) is 23.6 Å². The number of rotatable bonds is 15. The second-order valence-corrected chi connectivity index (χ2v) is 9.96. The molecule has 0 atom stereocenters. The van der Waals surface area contributed by atoms with Gasteiger partial charge in [-0.1, -0.05) is 64.8 Å². The van der Waals surface area contributed by atoms with Crippen LogP contribution in [-0.4, -0.2) is 29.6 Å². The molecule has 0 heterocycles. The number of nitrogens with one attached hydrogen (secondary N) is 1. The maximum Gasteiger partial charge on any atom is 2.00 e. The van der Waals surface area contributed by atoms with Gasteiger partial charge in [0.05, 0.1) is 5.70 Å². The molecule has 3 rings (SSSR count). The summed E-state index contributed by atoms with van der Waals surface area (Å²) in [5.74, 6) is 0.604. The van der Waals surface area contributed by atoms with Gasteiger partial charge in [0.15, 0.2) is 0 Å². The molecule has 0 aromatic heterocycles. The van der Waals surface area contributed by atoms with Crippen LogP contribution in [-0.2, 0) is 17.8 Å². The largest absolute Gasteiger partial charge is 2.00 e. The Morgan fingerprint density at radius 3 is 2.50 bits per heavy atom. The second-order valence-electron chi connectivity index (χ2n) is 9.96. The van der Waals surface area contributed by atoms with Gasteiger partial charge < -0.3 is 18.5 Å². The normalized spacial score (nSPS) is 13.8. The number of allylic oxidation sites excluding steroid dienone is 3. The summed E-state index contributed by atoms with van der Waals surface area (Å²) in [6.07, 6.45) is 12.0. The van der Waals surface area contributed by atoms with Gasteiger partial charge in [-0.25, -0.2) is 0 Å². The van der Waals surface area contributed by atoms with Crippen LogP contribution < -0.4 is 11.1 Å². The summed E-state index contributed by atoms with van der Waals surface area (Å²) in [5.41, 5.74) is 11.9. The van der Waals surface area contributed by atoms with Gasteiger partial charge >= 0.3 is 31.1 Å². The Kier molecular flexibility index (Phi) is 16.8. The first-order chi connectivity index (χ1) is 18.4. The van der Waals surface area contributed by atoms with Crippen LogP contribution in [0.3, 0.4) is 0 Å². The number of aliphatic imine (C=N–C) groups is 1. The van der Waals surface area contributed by atoms with Crippen LogP contribution in [0.1, 0.15) is 69.6 Å². The number of benzene rings is 2. The molecule has 0 spiro atoms. The first kappa shape index (κ1) is 35.6. The standard InChI is InChI=1S/C33H43N4O.CH3.U/c1-5-10-32(28-12-9-11-25(7-3)22-28)35-29(8-4)23-31(34)33(38)36-30-17-15-27(16-18-30)24-37(20-6-2)21-19-26-13-14-26;;/h5,9-10,12,15-18,22-23,26H,1,6-8,13-14,19-21,24,34H2,2-4H3,(H,36,38);1H3;/q2*-1;+2/b31-23-,32-10-,35-29+;;. The number of hydrogen-bond acceptors (Lipinski definition) is 4. The third-order valence-corrected chi connectivity index (χ3v) is 6.73. The molecule has 2 aromatic carbocycles. The van der Waals surface area contributed by atoms with Crippen molar-refractivity contribution in [3.63, 3.8) is 0 Å². The van der Waals surface area contributed by atoms with E-state index in [9.17, 15) is 4.79 Å². The van der Waals surface area contributed by atoms with Crippen LogP contribution in [0.2, 0.25) is 0 Å². The van der Waals surface area contributed by atoms with E-state index in [2.05, 4.69) is 54.9 Å². The minimum absolute atomic E-state index is 0. The van der Waals surface area contributed by atoms with Crippen molar-refractivity contribution in [1.29, 1.82) is 0 Å². The number of aryl methyl sites for hydroxylation is 1. The third kappa shape index (κ3) is 12.0. The summed E-state index contributed by atoms with van der Waals surface area (Å²) in [5, 5.41) is 2.91. The Labute approximate surface area is 266 Å². The van der Waals surface area contributed by atoms with Gasteiger partial charge in [-0.3, -0.25) is 14.7 Å². The molecule has 2 aromatic rings. The fourth-order valence-corrected chi connectivity index (χ4v) is 4.32. The summed E-state index contributed by atoms with van der Waals surface area (Å²) < 4.78 is 0. The molecule has 40 heavy (non-hydrogen) atoms. The fourth-order valence-electron chi connectivity index (χ4n) is 4.32. The van der Waals surface area contributed by atoms with E-state index in [4.69, 9.17) is 10.7 Å². The number of carbonyl (C=O) groups is 1. The van der Waals surface area contributed by atoms with E-state index in [1.807, 2.05) is 37.3 Å². The smallest absolute Gasteiger partial charge is 0.394 e. The Morgan fingerprint density at radius 1 is 1.18 bits per heavy atom. The molecule has 0 unspecified atom stereocenters. The van der Waals surface area contributed by atoms with Crippen LogP contribution >= 0.6 is 0 Å². The summed E-state index contributed by atoms with van der Waals surface area (Å²) in [6.45, 7) is 13.4. The molecule has 1 fully saturated rings.